The van der Waals surface area contributed by atoms with E-state index in [0.29, 0.717) is 6.54 Å². The molecule has 0 saturated carbocycles. The van der Waals surface area contributed by atoms with Crippen molar-refractivity contribution in [1.82, 2.24) is 9.97 Å². The van der Waals surface area contributed by atoms with E-state index in [4.69, 9.17) is 0 Å². The van der Waals surface area contributed by atoms with E-state index in [1.54, 1.807) is 13.8 Å². The average molecular weight is 355 g/mol. The molecule has 3 rings (SSSR count). The van der Waals surface area contributed by atoms with E-state index < -0.39 is 5.56 Å². The number of nitrogens with one attached hydrogen (secondary N) is 3. The largest absolute Gasteiger partial charge is 0.366 e. The Morgan fingerprint density at radius 2 is 1.96 bits per heavy atom. The Morgan fingerprint density at radius 3 is 2.58 bits per heavy atom. The van der Waals surface area contributed by atoms with Gasteiger partial charge in [0.25, 0.3) is 5.56 Å². The maximum Gasteiger partial charge on any atom is 0.278 e. The predicted octanol–water partition coefficient (Wildman–Crippen LogP) is 1.88. The number of aromatic amines is 1. The molecule has 1 atom stereocenters. The summed E-state index contributed by atoms with van der Waals surface area (Å²) >= 11 is 0. The summed E-state index contributed by atoms with van der Waals surface area (Å²) in [6.45, 7) is 5.31. The fraction of sp³-hybridized carbons (Fsp3) is 0.333. The molecule has 8 nitrogen and oxygen atoms in total. The number of rotatable bonds is 3. The number of carbonyl (C=O) groups is 2. The van der Waals surface area contributed by atoms with Crippen molar-refractivity contribution in [1.29, 1.82) is 0 Å². The molecule has 0 bridgehead atoms. The molecule has 26 heavy (non-hydrogen) atoms. The maximum atomic E-state index is 12.6. The molecule has 0 saturated heterocycles. The van der Waals surface area contributed by atoms with Gasteiger partial charge in [0.1, 0.15) is 0 Å². The van der Waals surface area contributed by atoms with E-state index in [-0.39, 0.29) is 41.2 Å². The van der Waals surface area contributed by atoms with Gasteiger partial charge in [-0.05, 0) is 5.56 Å². The number of amides is 2. The van der Waals surface area contributed by atoms with Gasteiger partial charge in [-0.1, -0.05) is 44.2 Å². The van der Waals surface area contributed by atoms with Gasteiger partial charge >= 0.3 is 0 Å². The molecule has 1 aliphatic rings. The monoisotopic (exact) mass is 355 g/mol. The molecule has 3 N–H and O–H groups in total. The number of hydrogen-bond donors (Lipinski definition) is 3. The first-order chi connectivity index (χ1) is 12.4. The number of nitrogens with zero attached hydrogens (tertiary/aromatic N) is 2. The van der Waals surface area contributed by atoms with Gasteiger partial charge in [0.05, 0.1) is 6.04 Å². The van der Waals surface area contributed by atoms with Crippen molar-refractivity contribution in [3.8, 4) is 0 Å². The average Bonchev–Trinajstić information content (AvgIpc) is 2.61. The van der Waals surface area contributed by atoms with Crippen LogP contribution in [-0.2, 0) is 9.59 Å². The molecule has 2 heterocycles. The van der Waals surface area contributed by atoms with Crippen LogP contribution in [0.2, 0.25) is 0 Å². The first-order valence-corrected chi connectivity index (χ1v) is 8.42. The van der Waals surface area contributed by atoms with Crippen molar-refractivity contribution in [2.75, 3.05) is 22.1 Å². The number of fused-ring (bicyclic) bond motifs is 1. The van der Waals surface area contributed by atoms with Crippen LogP contribution in [0.1, 0.15) is 32.4 Å². The fourth-order valence-corrected chi connectivity index (χ4v) is 2.89. The standard InChI is InChI=1S/C18H21N5O3/c1-10(2)16(25)21-18-20-15-14(17(26)22-18)23(11(3)24)13(9-19-15)12-7-5-4-6-8-12/h4-8,10,13H,9H2,1-3H3,(H3,19,20,21,22,25,26). The minimum absolute atomic E-state index is 0.0570. The van der Waals surface area contributed by atoms with Crippen molar-refractivity contribution in [2.24, 2.45) is 5.92 Å². The third-order valence-corrected chi connectivity index (χ3v) is 4.20. The van der Waals surface area contributed by atoms with Crippen molar-refractivity contribution in [2.45, 2.75) is 26.8 Å². The topological polar surface area (TPSA) is 107 Å². The van der Waals surface area contributed by atoms with Gasteiger partial charge in [0.2, 0.25) is 17.8 Å². The van der Waals surface area contributed by atoms with Crippen LogP contribution in [0.3, 0.4) is 0 Å². The normalized spacial score (nSPS) is 16.0. The van der Waals surface area contributed by atoms with Crippen LogP contribution in [0.25, 0.3) is 0 Å². The zero-order valence-corrected chi connectivity index (χ0v) is 14.9. The van der Waals surface area contributed by atoms with Crippen molar-refractivity contribution < 1.29 is 9.59 Å². The summed E-state index contributed by atoms with van der Waals surface area (Å²) in [5.74, 6) is -0.431. The van der Waals surface area contributed by atoms with Crippen LogP contribution in [0.5, 0.6) is 0 Å². The van der Waals surface area contributed by atoms with Gasteiger partial charge in [0.15, 0.2) is 11.5 Å². The second kappa shape index (κ2) is 6.99. The highest BCUT2D eigenvalue weighted by molar-refractivity contribution is 5.97. The smallest absolute Gasteiger partial charge is 0.278 e. The Kier molecular flexibility index (Phi) is 4.75. The van der Waals surface area contributed by atoms with Gasteiger partial charge in [-0.25, -0.2) is 0 Å². The predicted molar refractivity (Wildman–Crippen MR) is 99.2 cm³/mol. The molecule has 1 aromatic heterocycles. The summed E-state index contributed by atoms with van der Waals surface area (Å²) in [6, 6.07) is 9.16. The number of benzene rings is 1. The van der Waals surface area contributed by atoms with E-state index in [1.165, 1.54) is 11.8 Å². The number of carbonyl (C=O) groups excluding carboxylic acids is 2. The van der Waals surface area contributed by atoms with Crippen molar-refractivity contribution in [3.63, 3.8) is 0 Å². The molecule has 2 aromatic rings. The van der Waals surface area contributed by atoms with Crippen LogP contribution in [0.15, 0.2) is 35.1 Å². The summed E-state index contributed by atoms with van der Waals surface area (Å²) in [5.41, 5.74) is 0.579. The highest BCUT2D eigenvalue weighted by Gasteiger charge is 2.33. The summed E-state index contributed by atoms with van der Waals surface area (Å²) < 4.78 is 0. The third kappa shape index (κ3) is 3.30. The number of aromatic nitrogens is 2. The van der Waals surface area contributed by atoms with Crippen LogP contribution in [0.4, 0.5) is 17.5 Å². The molecule has 8 heteroatoms. The molecule has 0 fully saturated rings. The molecule has 1 unspecified atom stereocenters. The van der Waals surface area contributed by atoms with Crippen LogP contribution in [-0.4, -0.2) is 28.3 Å². The second-order valence-corrected chi connectivity index (χ2v) is 6.45. The van der Waals surface area contributed by atoms with Crippen molar-refractivity contribution >= 4 is 29.3 Å². The number of H-pyrrole nitrogens is 1. The SMILES string of the molecule is CC(=O)N1c2c(nc(NC(=O)C(C)C)[nH]c2=O)NCC1c1ccccc1. The molecule has 0 spiro atoms. The lowest BCUT2D eigenvalue weighted by Gasteiger charge is -2.36. The molecular weight excluding hydrogens is 334 g/mol. The van der Waals surface area contributed by atoms with E-state index in [2.05, 4.69) is 20.6 Å². The minimum Gasteiger partial charge on any atom is -0.366 e. The lowest BCUT2D eigenvalue weighted by atomic mass is 10.0. The Morgan fingerprint density at radius 1 is 1.27 bits per heavy atom. The third-order valence-electron chi connectivity index (χ3n) is 4.20. The minimum atomic E-state index is -0.489. The van der Waals surface area contributed by atoms with Crippen LogP contribution in [0, 0.1) is 5.92 Å². The molecule has 2 amide bonds. The van der Waals surface area contributed by atoms with Gasteiger partial charge in [0, 0.05) is 19.4 Å². The van der Waals surface area contributed by atoms with E-state index in [9.17, 15) is 14.4 Å². The fourth-order valence-electron chi connectivity index (χ4n) is 2.89. The summed E-state index contributed by atoms with van der Waals surface area (Å²) in [7, 11) is 0. The van der Waals surface area contributed by atoms with Crippen LogP contribution >= 0.6 is 0 Å². The summed E-state index contributed by atoms with van der Waals surface area (Å²) in [4.78, 5) is 45.0. The molecule has 1 aromatic carbocycles. The molecule has 0 aliphatic carbocycles. The van der Waals surface area contributed by atoms with Gasteiger partial charge in [-0.3, -0.25) is 29.6 Å². The Labute approximate surface area is 150 Å². The van der Waals surface area contributed by atoms with Gasteiger partial charge in [-0.2, -0.15) is 4.98 Å². The Bertz CT molecular complexity index is 891. The Balaban J connectivity index is 2.02. The quantitative estimate of drug-likeness (QED) is 0.779. The molecule has 0 radical (unpaired) electrons. The number of hydrogen-bond acceptors (Lipinski definition) is 5. The molecular formula is C18H21N5O3. The zero-order chi connectivity index (χ0) is 18.8. The maximum absolute atomic E-state index is 12.6. The van der Waals surface area contributed by atoms with E-state index in [0.717, 1.165) is 5.56 Å². The van der Waals surface area contributed by atoms with Crippen LogP contribution < -0.4 is 21.1 Å². The summed E-state index contributed by atoms with van der Waals surface area (Å²) in [6.07, 6.45) is 0. The Hall–Kier alpha value is -3.16. The van der Waals surface area contributed by atoms with Crippen molar-refractivity contribution in [3.05, 3.63) is 46.2 Å². The zero-order valence-electron chi connectivity index (χ0n) is 14.9. The van der Waals surface area contributed by atoms with E-state index in [1.807, 2.05) is 30.3 Å². The summed E-state index contributed by atoms with van der Waals surface area (Å²) in [5, 5.41) is 5.67. The highest BCUT2D eigenvalue weighted by atomic mass is 16.2. The van der Waals surface area contributed by atoms with E-state index >= 15 is 0 Å². The highest BCUT2D eigenvalue weighted by Crippen LogP contribution is 2.34. The molecule has 136 valence electrons. The van der Waals surface area contributed by atoms with Gasteiger partial charge in [-0.15, -0.1) is 0 Å². The lowest BCUT2D eigenvalue weighted by Crippen LogP contribution is -2.44. The first kappa shape index (κ1) is 17.7. The molecule has 1 aliphatic heterocycles. The van der Waals surface area contributed by atoms with Gasteiger partial charge < -0.3 is 5.32 Å². The number of anilines is 3. The second-order valence-electron chi connectivity index (χ2n) is 6.45. The first-order valence-electron chi connectivity index (χ1n) is 8.42. The lowest BCUT2D eigenvalue weighted by molar-refractivity contribution is -0.119.